The van der Waals surface area contributed by atoms with Crippen LogP contribution in [0.4, 0.5) is 0 Å². The molecule has 0 aliphatic heterocycles. The fourth-order valence-corrected chi connectivity index (χ4v) is 1.40. The second-order valence-electron chi connectivity index (χ2n) is 5.31. The van der Waals surface area contributed by atoms with E-state index in [2.05, 4.69) is 58.4 Å². The maximum atomic E-state index is 2.50. The molecular weight excluding hydrogens is 172 g/mol. The number of rotatable bonds is 5. The highest BCUT2D eigenvalue weighted by Crippen LogP contribution is 2.10. The minimum Gasteiger partial charge on any atom is -0.300 e. The molecular formula is C12H28N2. The van der Waals surface area contributed by atoms with Crippen LogP contribution in [0.25, 0.3) is 0 Å². The van der Waals surface area contributed by atoms with Crippen LogP contribution in [-0.2, 0) is 0 Å². The third-order valence-corrected chi connectivity index (χ3v) is 3.00. The first-order chi connectivity index (χ1) is 6.29. The Kier molecular flexibility index (Phi) is 5.68. The van der Waals surface area contributed by atoms with Gasteiger partial charge in [-0.3, -0.25) is 4.90 Å². The monoisotopic (exact) mass is 200 g/mol. The summed E-state index contributed by atoms with van der Waals surface area (Å²) in [5, 5.41) is 0. The van der Waals surface area contributed by atoms with Gasteiger partial charge in [-0.05, 0) is 48.2 Å². The van der Waals surface area contributed by atoms with Crippen LogP contribution in [0.5, 0.6) is 0 Å². The third kappa shape index (κ3) is 4.97. The molecule has 0 saturated heterocycles. The highest BCUT2D eigenvalue weighted by molar-refractivity contribution is 4.74. The summed E-state index contributed by atoms with van der Waals surface area (Å²) >= 11 is 0. The molecule has 0 aliphatic rings. The van der Waals surface area contributed by atoms with Crippen LogP contribution < -0.4 is 0 Å². The quantitative estimate of drug-likeness (QED) is 0.672. The average molecular weight is 200 g/mol. The van der Waals surface area contributed by atoms with Crippen molar-refractivity contribution < 1.29 is 0 Å². The van der Waals surface area contributed by atoms with Crippen molar-refractivity contribution in [3.8, 4) is 0 Å². The molecule has 0 aliphatic carbocycles. The molecule has 0 heterocycles. The van der Waals surface area contributed by atoms with E-state index in [1.165, 1.54) is 6.54 Å². The number of hydrogen-bond donors (Lipinski definition) is 0. The van der Waals surface area contributed by atoms with Gasteiger partial charge in [0.25, 0.3) is 0 Å². The van der Waals surface area contributed by atoms with Crippen molar-refractivity contribution in [1.29, 1.82) is 0 Å². The van der Waals surface area contributed by atoms with Crippen LogP contribution in [0.15, 0.2) is 0 Å². The van der Waals surface area contributed by atoms with Crippen molar-refractivity contribution in [1.82, 2.24) is 9.80 Å². The molecule has 0 N–H and O–H groups in total. The normalized spacial score (nSPS) is 13.3. The van der Waals surface area contributed by atoms with E-state index < -0.39 is 0 Å². The predicted octanol–water partition coefficient (Wildman–Crippen LogP) is 2.45. The highest BCUT2D eigenvalue weighted by Gasteiger charge is 2.17. The van der Waals surface area contributed by atoms with E-state index in [1.807, 2.05) is 0 Å². The Morgan fingerprint density at radius 2 is 1.57 bits per heavy atom. The summed E-state index contributed by atoms with van der Waals surface area (Å²) < 4.78 is 0. The first-order valence-electron chi connectivity index (χ1n) is 5.74. The van der Waals surface area contributed by atoms with Crippen LogP contribution >= 0.6 is 0 Å². The molecule has 0 radical (unpaired) electrons. The van der Waals surface area contributed by atoms with Crippen molar-refractivity contribution in [2.75, 3.05) is 26.7 Å². The summed E-state index contributed by atoms with van der Waals surface area (Å²) in [5.74, 6) is 0. The number of likely N-dealkylation sites (N-methyl/N-ethyl adjacent to an activating group) is 2. The lowest BCUT2D eigenvalue weighted by molar-refractivity contribution is 0.135. The molecule has 0 rings (SSSR count). The van der Waals surface area contributed by atoms with Gasteiger partial charge in [0.1, 0.15) is 0 Å². The summed E-state index contributed by atoms with van der Waals surface area (Å²) in [4.78, 5) is 4.92. The van der Waals surface area contributed by atoms with Crippen LogP contribution in [0.1, 0.15) is 41.5 Å². The van der Waals surface area contributed by atoms with Gasteiger partial charge in [0, 0.05) is 24.7 Å². The van der Waals surface area contributed by atoms with Crippen LogP contribution in [0.2, 0.25) is 0 Å². The van der Waals surface area contributed by atoms with Gasteiger partial charge >= 0.3 is 0 Å². The van der Waals surface area contributed by atoms with Crippen molar-refractivity contribution in [3.05, 3.63) is 0 Å². The van der Waals surface area contributed by atoms with Gasteiger partial charge in [-0.25, -0.2) is 0 Å². The second-order valence-corrected chi connectivity index (χ2v) is 5.31. The van der Waals surface area contributed by atoms with Crippen molar-refractivity contribution in [2.24, 2.45) is 0 Å². The Hall–Kier alpha value is -0.0800. The summed E-state index contributed by atoms with van der Waals surface area (Å²) in [6, 6.07) is 0.661. The number of nitrogens with zero attached hydrogens (tertiary/aromatic N) is 2. The zero-order valence-corrected chi connectivity index (χ0v) is 11.1. The van der Waals surface area contributed by atoms with E-state index in [9.17, 15) is 0 Å². The predicted molar refractivity (Wildman–Crippen MR) is 64.8 cm³/mol. The van der Waals surface area contributed by atoms with Crippen LogP contribution in [0.3, 0.4) is 0 Å². The van der Waals surface area contributed by atoms with Gasteiger partial charge in [0.05, 0.1) is 0 Å². The van der Waals surface area contributed by atoms with E-state index in [0.29, 0.717) is 6.04 Å². The maximum absolute atomic E-state index is 2.50. The summed E-state index contributed by atoms with van der Waals surface area (Å²) in [6.07, 6.45) is 0. The molecule has 0 unspecified atom stereocenters. The molecule has 0 aromatic carbocycles. The third-order valence-electron chi connectivity index (χ3n) is 3.00. The summed E-state index contributed by atoms with van der Waals surface area (Å²) in [6.45, 7) is 17.0. The van der Waals surface area contributed by atoms with E-state index in [0.717, 1.165) is 13.1 Å². The molecule has 0 fully saturated rings. The maximum Gasteiger partial charge on any atom is 0.0122 e. The van der Waals surface area contributed by atoms with E-state index in [4.69, 9.17) is 0 Å². The molecule has 2 nitrogen and oxygen atoms in total. The lowest BCUT2D eigenvalue weighted by Crippen LogP contribution is -2.44. The SMILES string of the molecule is CCN(CCN(C)C(C)(C)C)C(C)C. The Morgan fingerprint density at radius 3 is 1.86 bits per heavy atom. The average Bonchev–Trinajstić information content (AvgIpc) is 2.02. The molecule has 0 spiro atoms. The first-order valence-corrected chi connectivity index (χ1v) is 5.74. The minimum absolute atomic E-state index is 0.288. The van der Waals surface area contributed by atoms with Gasteiger partial charge in [0.15, 0.2) is 0 Å². The van der Waals surface area contributed by atoms with Crippen LogP contribution in [0, 0.1) is 0 Å². The molecule has 0 aromatic heterocycles. The van der Waals surface area contributed by atoms with E-state index in [-0.39, 0.29) is 5.54 Å². The van der Waals surface area contributed by atoms with Crippen molar-refractivity contribution in [3.63, 3.8) is 0 Å². The molecule has 2 heteroatoms. The van der Waals surface area contributed by atoms with Gasteiger partial charge in [-0.15, -0.1) is 0 Å². The molecule has 0 saturated carbocycles. The zero-order chi connectivity index (χ0) is 11.4. The lowest BCUT2D eigenvalue weighted by atomic mass is 10.1. The molecule has 0 bridgehead atoms. The second kappa shape index (κ2) is 5.72. The summed E-state index contributed by atoms with van der Waals surface area (Å²) in [7, 11) is 2.20. The van der Waals surface area contributed by atoms with Gasteiger partial charge < -0.3 is 4.90 Å². The Labute approximate surface area is 90.3 Å². The first kappa shape index (κ1) is 13.9. The zero-order valence-electron chi connectivity index (χ0n) is 11.1. The standard InChI is InChI=1S/C12H28N2/c1-8-14(11(2)3)10-9-13(7)12(4,5)6/h11H,8-10H2,1-7H3. The van der Waals surface area contributed by atoms with Crippen LogP contribution in [-0.4, -0.2) is 48.1 Å². The van der Waals surface area contributed by atoms with Gasteiger partial charge in [-0.2, -0.15) is 0 Å². The smallest absolute Gasteiger partial charge is 0.0122 e. The summed E-state index contributed by atoms with van der Waals surface area (Å²) in [5.41, 5.74) is 0.288. The molecule has 0 atom stereocenters. The fraction of sp³-hybridized carbons (Fsp3) is 1.00. The van der Waals surface area contributed by atoms with Crippen molar-refractivity contribution in [2.45, 2.75) is 53.1 Å². The fourth-order valence-electron chi connectivity index (χ4n) is 1.40. The molecule has 14 heavy (non-hydrogen) atoms. The van der Waals surface area contributed by atoms with E-state index in [1.54, 1.807) is 0 Å². The minimum atomic E-state index is 0.288. The Bertz CT molecular complexity index is 145. The molecule has 0 aromatic rings. The van der Waals surface area contributed by atoms with Crippen molar-refractivity contribution >= 4 is 0 Å². The van der Waals surface area contributed by atoms with Gasteiger partial charge in [0.2, 0.25) is 0 Å². The molecule has 86 valence electrons. The topological polar surface area (TPSA) is 6.48 Å². The Balaban J connectivity index is 3.92. The van der Waals surface area contributed by atoms with Gasteiger partial charge in [-0.1, -0.05) is 6.92 Å². The largest absolute Gasteiger partial charge is 0.300 e. The van der Waals surface area contributed by atoms with E-state index >= 15 is 0 Å². The lowest BCUT2D eigenvalue weighted by Gasteiger charge is -2.34. The molecule has 0 amide bonds. The number of hydrogen-bond acceptors (Lipinski definition) is 2. The highest BCUT2D eigenvalue weighted by atomic mass is 15.2. The Morgan fingerprint density at radius 1 is 1.07 bits per heavy atom.